The molecule has 0 fully saturated rings. The molecule has 1 aliphatic heterocycles. The standard InChI is InChI=1S/C16H16O2/c1-11-7-8-15-14(9-11)16(17-2)13-6-4-3-5-12(13)10-18-15/h3-9,16H,10H2,1-2H3/t16-/m1/s1. The summed E-state index contributed by atoms with van der Waals surface area (Å²) in [6, 6.07) is 14.5. The van der Waals surface area contributed by atoms with Gasteiger partial charge in [0.25, 0.3) is 0 Å². The third-order valence-corrected chi connectivity index (χ3v) is 3.40. The molecule has 2 aromatic rings. The summed E-state index contributed by atoms with van der Waals surface area (Å²) < 4.78 is 11.6. The van der Waals surface area contributed by atoms with E-state index >= 15 is 0 Å². The maximum absolute atomic E-state index is 5.88. The average Bonchev–Trinajstić information content (AvgIpc) is 2.54. The SMILES string of the molecule is CO[C@@H]1c2ccccc2COc2ccc(C)cc21. The van der Waals surface area contributed by atoms with Crippen LogP contribution in [0.2, 0.25) is 0 Å². The van der Waals surface area contributed by atoms with E-state index in [0.717, 1.165) is 11.3 Å². The van der Waals surface area contributed by atoms with Crippen LogP contribution in [-0.4, -0.2) is 7.11 Å². The minimum Gasteiger partial charge on any atom is -0.488 e. The predicted octanol–water partition coefficient (Wildman–Crippen LogP) is 3.62. The van der Waals surface area contributed by atoms with Gasteiger partial charge in [-0.3, -0.25) is 0 Å². The van der Waals surface area contributed by atoms with E-state index in [1.54, 1.807) is 7.11 Å². The Morgan fingerprint density at radius 2 is 1.94 bits per heavy atom. The lowest BCUT2D eigenvalue weighted by atomic mass is 9.96. The zero-order chi connectivity index (χ0) is 12.5. The van der Waals surface area contributed by atoms with E-state index < -0.39 is 0 Å². The van der Waals surface area contributed by atoms with Crippen molar-refractivity contribution in [1.29, 1.82) is 0 Å². The Morgan fingerprint density at radius 1 is 1.11 bits per heavy atom. The van der Waals surface area contributed by atoms with Crippen molar-refractivity contribution >= 4 is 0 Å². The number of ether oxygens (including phenoxy) is 2. The van der Waals surface area contributed by atoms with E-state index in [0.29, 0.717) is 6.61 Å². The molecule has 2 heteroatoms. The maximum Gasteiger partial charge on any atom is 0.125 e. The van der Waals surface area contributed by atoms with Gasteiger partial charge in [0.1, 0.15) is 18.5 Å². The van der Waals surface area contributed by atoms with Gasteiger partial charge < -0.3 is 9.47 Å². The van der Waals surface area contributed by atoms with Crippen molar-refractivity contribution in [2.45, 2.75) is 19.6 Å². The summed E-state index contributed by atoms with van der Waals surface area (Å²) >= 11 is 0. The van der Waals surface area contributed by atoms with E-state index in [1.165, 1.54) is 16.7 Å². The number of rotatable bonds is 1. The summed E-state index contributed by atoms with van der Waals surface area (Å²) in [5.74, 6) is 0.920. The molecule has 1 aliphatic rings. The first-order valence-electron chi connectivity index (χ1n) is 6.13. The first-order valence-corrected chi connectivity index (χ1v) is 6.13. The van der Waals surface area contributed by atoms with Gasteiger partial charge in [0, 0.05) is 12.7 Å². The molecule has 0 amide bonds. The van der Waals surface area contributed by atoms with Gasteiger partial charge in [-0.05, 0) is 30.2 Å². The van der Waals surface area contributed by atoms with E-state index in [1.807, 2.05) is 18.2 Å². The van der Waals surface area contributed by atoms with Crippen molar-refractivity contribution in [3.8, 4) is 5.75 Å². The van der Waals surface area contributed by atoms with Crippen LogP contribution in [0.3, 0.4) is 0 Å². The van der Waals surface area contributed by atoms with Gasteiger partial charge in [-0.15, -0.1) is 0 Å². The van der Waals surface area contributed by atoms with Gasteiger partial charge in [0.05, 0.1) is 0 Å². The predicted molar refractivity (Wildman–Crippen MR) is 70.8 cm³/mol. The van der Waals surface area contributed by atoms with Crippen LogP contribution >= 0.6 is 0 Å². The Bertz CT molecular complexity index is 575. The van der Waals surface area contributed by atoms with Crippen molar-refractivity contribution in [2.75, 3.05) is 7.11 Å². The van der Waals surface area contributed by atoms with Gasteiger partial charge >= 0.3 is 0 Å². The summed E-state index contributed by atoms with van der Waals surface area (Å²) in [6.07, 6.45) is -0.0430. The fourth-order valence-electron chi connectivity index (χ4n) is 2.50. The van der Waals surface area contributed by atoms with Gasteiger partial charge in [-0.25, -0.2) is 0 Å². The highest BCUT2D eigenvalue weighted by Crippen LogP contribution is 2.37. The van der Waals surface area contributed by atoms with E-state index in [2.05, 4.69) is 31.2 Å². The zero-order valence-corrected chi connectivity index (χ0v) is 10.6. The molecule has 0 unspecified atom stereocenters. The third kappa shape index (κ3) is 1.79. The highest BCUT2D eigenvalue weighted by molar-refractivity contribution is 5.46. The molecule has 1 heterocycles. The molecule has 0 aliphatic carbocycles. The van der Waals surface area contributed by atoms with Crippen LogP contribution in [-0.2, 0) is 11.3 Å². The monoisotopic (exact) mass is 240 g/mol. The first kappa shape index (κ1) is 11.3. The number of hydrogen-bond donors (Lipinski definition) is 0. The molecule has 2 aromatic carbocycles. The number of benzene rings is 2. The fourth-order valence-corrected chi connectivity index (χ4v) is 2.50. The molecule has 92 valence electrons. The second-order valence-corrected chi connectivity index (χ2v) is 4.64. The molecule has 0 saturated carbocycles. The van der Waals surface area contributed by atoms with Crippen molar-refractivity contribution in [1.82, 2.24) is 0 Å². The van der Waals surface area contributed by atoms with Crippen LogP contribution in [0.5, 0.6) is 5.75 Å². The number of methoxy groups -OCH3 is 1. The smallest absolute Gasteiger partial charge is 0.125 e. The van der Waals surface area contributed by atoms with Gasteiger partial charge in [-0.2, -0.15) is 0 Å². The molecule has 0 spiro atoms. The molecule has 0 N–H and O–H groups in total. The summed E-state index contributed by atoms with van der Waals surface area (Å²) in [5, 5.41) is 0. The largest absolute Gasteiger partial charge is 0.488 e. The lowest BCUT2D eigenvalue weighted by Gasteiger charge is -2.17. The molecule has 0 radical (unpaired) electrons. The first-order chi connectivity index (χ1) is 8.79. The highest BCUT2D eigenvalue weighted by atomic mass is 16.5. The van der Waals surface area contributed by atoms with Crippen molar-refractivity contribution in [3.05, 3.63) is 64.7 Å². The lowest BCUT2D eigenvalue weighted by Crippen LogP contribution is -2.04. The normalized spacial score (nSPS) is 17.3. The number of hydrogen-bond acceptors (Lipinski definition) is 2. The van der Waals surface area contributed by atoms with Gasteiger partial charge in [-0.1, -0.05) is 35.9 Å². The van der Waals surface area contributed by atoms with E-state index in [4.69, 9.17) is 9.47 Å². The average molecular weight is 240 g/mol. The quantitative estimate of drug-likeness (QED) is 0.758. The lowest BCUT2D eigenvalue weighted by molar-refractivity contribution is 0.135. The summed E-state index contributed by atoms with van der Waals surface area (Å²) in [7, 11) is 1.75. The van der Waals surface area contributed by atoms with Crippen LogP contribution in [0.25, 0.3) is 0 Å². The molecular formula is C16H16O2. The van der Waals surface area contributed by atoms with Crippen LogP contribution in [0.4, 0.5) is 0 Å². The molecule has 2 nitrogen and oxygen atoms in total. The Kier molecular flexibility index (Phi) is 2.80. The second kappa shape index (κ2) is 4.46. The molecule has 0 saturated heterocycles. The molecule has 3 rings (SSSR count). The summed E-state index contributed by atoms with van der Waals surface area (Å²) in [4.78, 5) is 0. The second-order valence-electron chi connectivity index (χ2n) is 4.64. The van der Waals surface area contributed by atoms with Gasteiger partial charge in [0.2, 0.25) is 0 Å². The van der Waals surface area contributed by atoms with E-state index in [9.17, 15) is 0 Å². The molecular weight excluding hydrogens is 224 g/mol. The third-order valence-electron chi connectivity index (χ3n) is 3.40. The molecule has 0 bridgehead atoms. The van der Waals surface area contributed by atoms with E-state index in [-0.39, 0.29) is 6.10 Å². The van der Waals surface area contributed by atoms with Gasteiger partial charge in [0.15, 0.2) is 0 Å². The van der Waals surface area contributed by atoms with Crippen molar-refractivity contribution in [3.63, 3.8) is 0 Å². The zero-order valence-electron chi connectivity index (χ0n) is 10.6. The Balaban J connectivity index is 2.19. The Hall–Kier alpha value is -1.80. The Morgan fingerprint density at radius 3 is 2.78 bits per heavy atom. The topological polar surface area (TPSA) is 18.5 Å². The summed E-state index contributed by atoms with van der Waals surface area (Å²) in [6.45, 7) is 2.69. The molecule has 1 atom stereocenters. The molecule has 0 aromatic heterocycles. The maximum atomic E-state index is 5.88. The minimum absolute atomic E-state index is 0.0430. The minimum atomic E-state index is -0.0430. The van der Waals surface area contributed by atoms with Crippen molar-refractivity contribution in [2.24, 2.45) is 0 Å². The highest BCUT2D eigenvalue weighted by Gasteiger charge is 2.24. The Labute approximate surface area is 107 Å². The fraction of sp³-hybridized carbons (Fsp3) is 0.250. The van der Waals surface area contributed by atoms with Crippen molar-refractivity contribution < 1.29 is 9.47 Å². The number of aryl methyl sites for hydroxylation is 1. The van der Waals surface area contributed by atoms with Crippen LogP contribution < -0.4 is 4.74 Å². The molecule has 18 heavy (non-hydrogen) atoms. The number of fused-ring (bicyclic) bond motifs is 2. The van der Waals surface area contributed by atoms with Crippen LogP contribution in [0, 0.1) is 6.92 Å². The summed E-state index contributed by atoms with van der Waals surface area (Å²) in [5.41, 5.74) is 4.73. The van der Waals surface area contributed by atoms with Crippen LogP contribution in [0.15, 0.2) is 42.5 Å². The van der Waals surface area contributed by atoms with Crippen LogP contribution in [0.1, 0.15) is 28.4 Å².